The van der Waals surface area contributed by atoms with Crippen LogP contribution in [0.1, 0.15) is 5.56 Å². The molecule has 0 aliphatic carbocycles. The van der Waals surface area contributed by atoms with Gasteiger partial charge in [0.15, 0.2) is 0 Å². The van der Waals surface area contributed by atoms with Crippen LogP contribution in [0.2, 0.25) is 0 Å². The summed E-state index contributed by atoms with van der Waals surface area (Å²) < 4.78 is 19.0. The molecule has 21 heavy (non-hydrogen) atoms. The van der Waals surface area contributed by atoms with Crippen molar-refractivity contribution in [3.8, 4) is 0 Å². The second kappa shape index (κ2) is 7.76. The van der Waals surface area contributed by atoms with Gasteiger partial charge in [-0.2, -0.15) is 0 Å². The molecule has 0 saturated heterocycles. The van der Waals surface area contributed by atoms with Gasteiger partial charge in [-0.25, -0.2) is 4.39 Å². The maximum Gasteiger partial charge on any atom is 0.146 e. The minimum atomic E-state index is -0.220. The Bertz CT molecular complexity index is 574. The number of benzene rings is 2. The molecule has 0 saturated carbocycles. The lowest BCUT2D eigenvalue weighted by molar-refractivity contribution is 0.199. The molecule has 0 spiro atoms. The monoisotopic (exact) mass is 288 g/mol. The molecule has 0 aliphatic heterocycles. The molecule has 2 aromatic rings. The average molecular weight is 288 g/mol. The zero-order chi connectivity index (χ0) is 15.1. The van der Waals surface area contributed by atoms with Crippen LogP contribution in [-0.4, -0.2) is 27.3 Å². The molecule has 0 unspecified atom stereocenters. The molecule has 0 fully saturated rings. The summed E-state index contributed by atoms with van der Waals surface area (Å²) in [7, 11) is 3.56. The molecule has 112 valence electrons. The SMILES string of the molecule is COCCNCc1ccccc1N(C)c1ccccc1F. The first-order chi connectivity index (χ1) is 10.2. The molecule has 0 radical (unpaired) electrons. The number of methoxy groups -OCH3 is 1. The minimum absolute atomic E-state index is 0.220. The van der Waals surface area contributed by atoms with Gasteiger partial charge in [0.1, 0.15) is 5.82 Å². The molecule has 0 aliphatic rings. The van der Waals surface area contributed by atoms with Gasteiger partial charge in [0, 0.05) is 32.9 Å². The van der Waals surface area contributed by atoms with E-state index in [-0.39, 0.29) is 5.82 Å². The van der Waals surface area contributed by atoms with Crippen LogP contribution in [-0.2, 0) is 11.3 Å². The van der Waals surface area contributed by atoms with Crippen molar-refractivity contribution in [1.29, 1.82) is 0 Å². The minimum Gasteiger partial charge on any atom is -0.383 e. The lowest BCUT2D eigenvalue weighted by Gasteiger charge is -2.23. The third kappa shape index (κ3) is 4.03. The summed E-state index contributed by atoms with van der Waals surface area (Å²) in [4.78, 5) is 1.88. The van der Waals surface area contributed by atoms with E-state index >= 15 is 0 Å². The molecule has 0 amide bonds. The zero-order valence-corrected chi connectivity index (χ0v) is 12.5. The molecular weight excluding hydrogens is 267 g/mol. The van der Waals surface area contributed by atoms with Gasteiger partial charge < -0.3 is 15.0 Å². The number of hydrogen-bond donors (Lipinski definition) is 1. The smallest absolute Gasteiger partial charge is 0.146 e. The van der Waals surface area contributed by atoms with Gasteiger partial charge in [-0.3, -0.25) is 0 Å². The molecule has 1 N–H and O–H groups in total. The maximum absolute atomic E-state index is 13.9. The fraction of sp³-hybridized carbons (Fsp3) is 0.294. The van der Waals surface area contributed by atoms with E-state index in [0.717, 1.165) is 24.3 Å². The van der Waals surface area contributed by atoms with E-state index in [1.807, 2.05) is 42.3 Å². The Morgan fingerprint density at radius 3 is 2.43 bits per heavy atom. The summed E-state index contributed by atoms with van der Waals surface area (Å²) in [6.45, 7) is 2.18. The van der Waals surface area contributed by atoms with Crippen LogP contribution in [0, 0.1) is 5.82 Å². The third-order valence-electron chi connectivity index (χ3n) is 3.37. The fourth-order valence-electron chi connectivity index (χ4n) is 2.24. The van der Waals surface area contributed by atoms with Gasteiger partial charge in [-0.1, -0.05) is 30.3 Å². The number of anilines is 2. The van der Waals surface area contributed by atoms with E-state index in [2.05, 4.69) is 5.32 Å². The summed E-state index contributed by atoms with van der Waals surface area (Å²) >= 11 is 0. The second-order valence-electron chi connectivity index (χ2n) is 4.81. The van der Waals surface area contributed by atoms with Crippen LogP contribution in [0.5, 0.6) is 0 Å². The van der Waals surface area contributed by atoms with E-state index in [4.69, 9.17) is 4.74 Å². The number of hydrogen-bond acceptors (Lipinski definition) is 3. The van der Waals surface area contributed by atoms with Gasteiger partial charge in [0.25, 0.3) is 0 Å². The number of nitrogens with zero attached hydrogens (tertiary/aromatic N) is 1. The molecule has 3 nitrogen and oxygen atoms in total. The lowest BCUT2D eigenvalue weighted by atomic mass is 10.1. The Hall–Kier alpha value is -1.91. The lowest BCUT2D eigenvalue weighted by Crippen LogP contribution is -2.21. The highest BCUT2D eigenvalue weighted by Gasteiger charge is 2.11. The molecule has 0 aromatic heterocycles. The van der Waals surface area contributed by atoms with E-state index in [1.165, 1.54) is 6.07 Å². The Kier molecular flexibility index (Phi) is 5.72. The molecule has 0 atom stereocenters. The number of ether oxygens (including phenoxy) is 1. The van der Waals surface area contributed by atoms with Crippen molar-refractivity contribution in [3.63, 3.8) is 0 Å². The van der Waals surface area contributed by atoms with Gasteiger partial charge in [0.2, 0.25) is 0 Å². The second-order valence-corrected chi connectivity index (χ2v) is 4.81. The van der Waals surface area contributed by atoms with Gasteiger partial charge in [-0.15, -0.1) is 0 Å². The first-order valence-electron chi connectivity index (χ1n) is 7.00. The summed E-state index contributed by atoms with van der Waals surface area (Å²) in [5.74, 6) is -0.220. The van der Waals surface area contributed by atoms with E-state index in [9.17, 15) is 4.39 Å². The largest absolute Gasteiger partial charge is 0.383 e. The molecule has 4 heteroatoms. The van der Waals surface area contributed by atoms with Crippen molar-refractivity contribution in [3.05, 3.63) is 59.9 Å². The van der Waals surface area contributed by atoms with Crippen molar-refractivity contribution in [2.45, 2.75) is 6.54 Å². The third-order valence-corrected chi connectivity index (χ3v) is 3.37. The normalized spacial score (nSPS) is 10.6. The van der Waals surface area contributed by atoms with Crippen molar-refractivity contribution in [2.75, 3.05) is 32.2 Å². The number of nitrogens with one attached hydrogen (secondary N) is 1. The summed E-state index contributed by atoms with van der Waals surface area (Å²) in [6.07, 6.45) is 0. The van der Waals surface area contributed by atoms with Crippen LogP contribution in [0.25, 0.3) is 0 Å². The van der Waals surface area contributed by atoms with Gasteiger partial charge in [-0.05, 0) is 23.8 Å². The quantitative estimate of drug-likeness (QED) is 0.791. The summed E-state index contributed by atoms with van der Waals surface area (Å²) in [5, 5.41) is 3.32. The van der Waals surface area contributed by atoms with Crippen LogP contribution in [0.3, 0.4) is 0 Å². The summed E-state index contributed by atoms with van der Waals surface area (Å²) in [5.41, 5.74) is 2.69. The molecule has 2 rings (SSSR count). The topological polar surface area (TPSA) is 24.5 Å². The first kappa shape index (κ1) is 15.5. The first-order valence-corrected chi connectivity index (χ1v) is 7.00. The Labute approximate surface area is 125 Å². The molecular formula is C17H21FN2O. The Balaban J connectivity index is 2.17. The van der Waals surface area contributed by atoms with Crippen LogP contribution >= 0.6 is 0 Å². The molecule has 2 aromatic carbocycles. The zero-order valence-electron chi connectivity index (χ0n) is 12.5. The number of halogens is 1. The van der Waals surface area contributed by atoms with Gasteiger partial charge >= 0.3 is 0 Å². The number of rotatable bonds is 7. The molecule has 0 heterocycles. The predicted molar refractivity (Wildman–Crippen MR) is 84.5 cm³/mol. The van der Waals surface area contributed by atoms with E-state index < -0.39 is 0 Å². The van der Waals surface area contributed by atoms with Crippen molar-refractivity contribution >= 4 is 11.4 Å². The number of para-hydroxylation sites is 2. The predicted octanol–water partition coefficient (Wildman–Crippen LogP) is 3.33. The van der Waals surface area contributed by atoms with Crippen molar-refractivity contribution in [2.24, 2.45) is 0 Å². The highest BCUT2D eigenvalue weighted by atomic mass is 19.1. The van der Waals surface area contributed by atoms with Crippen molar-refractivity contribution in [1.82, 2.24) is 5.32 Å². The average Bonchev–Trinajstić information content (AvgIpc) is 2.52. The molecule has 0 bridgehead atoms. The van der Waals surface area contributed by atoms with Crippen LogP contribution < -0.4 is 10.2 Å². The fourth-order valence-corrected chi connectivity index (χ4v) is 2.24. The Morgan fingerprint density at radius 2 is 1.71 bits per heavy atom. The van der Waals surface area contributed by atoms with Crippen molar-refractivity contribution < 1.29 is 9.13 Å². The standard InChI is InChI=1S/C17H21FN2O/c1-20(17-10-6-4-8-15(17)18)16-9-5-3-7-14(16)13-19-11-12-21-2/h3-10,19H,11-13H2,1-2H3. The van der Waals surface area contributed by atoms with E-state index in [1.54, 1.807) is 19.2 Å². The van der Waals surface area contributed by atoms with Crippen LogP contribution in [0.15, 0.2) is 48.5 Å². The van der Waals surface area contributed by atoms with Crippen LogP contribution in [0.4, 0.5) is 15.8 Å². The summed E-state index contributed by atoms with van der Waals surface area (Å²) in [6, 6.07) is 14.8. The Morgan fingerprint density at radius 1 is 1.05 bits per heavy atom. The highest BCUT2D eigenvalue weighted by molar-refractivity contribution is 5.66. The van der Waals surface area contributed by atoms with E-state index in [0.29, 0.717) is 12.3 Å². The highest BCUT2D eigenvalue weighted by Crippen LogP contribution is 2.28. The maximum atomic E-state index is 13.9. The van der Waals surface area contributed by atoms with Gasteiger partial charge in [0.05, 0.1) is 12.3 Å².